The molecule has 1 aromatic heterocycles. The van der Waals surface area contributed by atoms with Crippen LogP contribution in [-0.4, -0.2) is 9.36 Å². The van der Waals surface area contributed by atoms with Gasteiger partial charge in [0.05, 0.1) is 11.1 Å². The Bertz CT molecular complexity index is 791. The third-order valence-electron chi connectivity index (χ3n) is 3.73. The van der Waals surface area contributed by atoms with E-state index in [1.807, 2.05) is 0 Å². The Morgan fingerprint density at radius 3 is 2.27 bits per heavy atom. The molecule has 1 aromatic carbocycles. The molecule has 0 aliphatic carbocycles. The summed E-state index contributed by atoms with van der Waals surface area (Å²) < 4.78 is 54.8. The fourth-order valence-electron chi connectivity index (χ4n) is 2.65. The molecule has 22 heavy (non-hydrogen) atoms. The van der Waals surface area contributed by atoms with E-state index < -0.39 is 23.1 Å². The van der Waals surface area contributed by atoms with Gasteiger partial charge in [-0.25, -0.2) is 9.07 Å². The highest BCUT2D eigenvalue weighted by atomic mass is 35.5. The molecule has 0 bridgehead atoms. The number of benzene rings is 1. The van der Waals surface area contributed by atoms with Gasteiger partial charge in [-0.15, -0.1) is 0 Å². The van der Waals surface area contributed by atoms with Crippen LogP contribution in [0.4, 0.5) is 17.6 Å². The van der Waals surface area contributed by atoms with Gasteiger partial charge in [0.25, 0.3) is 5.56 Å². The topological polar surface area (TPSA) is 26.9 Å². The van der Waals surface area contributed by atoms with Crippen LogP contribution in [0.25, 0.3) is 11.1 Å². The van der Waals surface area contributed by atoms with Crippen LogP contribution in [0.15, 0.2) is 23.0 Å². The van der Waals surface area contributed by atoms with Gasteiger partial charge in [-0.3, -0.25) is 9.48 Å². The van der Waals surface area contributed by atoms with Gasteiger partial charge in [0, 0.05) is 18.7 Å². The molecular formula is C14H11ClF4N2O. The Balaban J connectivity index is 2.17. The molecule has 0 unspecified atom stereocenters. The minimum absolute atomic E-state index is 0.0587. The standard InChI is InChI=1S/C14H11ClF4N2O/c15-12-11(13(22)21-6-2-1-5-20(12)21)9-4-3-8(7-10(9)16)14(17,18)19/h3-4,7H,1-2,5-6H2. The maximum Gasteiger partial charge on any atom is 0.416 e. The van der Waals surface area contributed by atoms with Gasteiger partial charge in [-0.2, -0.15) is 13.2 Å². The van der Waals surface area contributed by atoms with Crippen molar-refractivity contribution in [3.63, 3.8) is 0 Å². The van der Waals surface area contributed by atoms with Crippen LogP contribution in [0.1, 0.15) is 18.4 Å². The molecule has 0 N–H and O–H groups in total. The molecule has 2 aromatic rings. The van der Waals surface area contributed by atoms with Gasteiger partial charge in [-0.05, 0) is 25.0 Å². The Kier molecular flexibility index (Phi) is 3.55. The number of fused-ring (bicyclic) bond motifs is 1. The highest BCUT2D eigenvalue weighted by Gasteiger charge is 2.32. The Labute approximate surface area is 127 Å². The van der Waals surface area contributed by atoms with E-state index in [0.717, 1.165) is 25.0 Å². The fourth-order valence-corrected chi connectivity index (χ4v) is 3.01. The average Bonchev–Trinajstić information content (AvgIpc) is 2.71. The van der Waals surface area contributed by atoms with Gasteiger partial charge in [0.1, 0.15) is 11.0 Å². The lowest BCUT2D eigenvalue weighted by Gasteiger charge is -2.17. The van der Waals surface area contributed by atoms with Crippen molar-refractivity contribution in [3.05, 3.63) is 45.1 Å². The fraction of sp³-hybridized carbons (Fsp3) is 0.357. The molecule has 3 rings (SSSR count). The third kappa shape index (κ3) is 2.33. The summed E-state index contributed by atoms with van der Waals surface area (Å²) in [6.07, 6.45) is -3.00. The van der Waals surface area contributed by atoms with Crippen LogP contribution in [0, 0.1) is 5.82 Å². The molecule has 0 saturated heterocycles. The van der Waals surface area contributed by atoms with Crippen LogP contribution in [0.2, 0.25) is 5.15 Å². The van der Waals surface area contributed by atoms with Gasteiger partial charge in [-0.1, -0.05) is 17.7 Å². The monoisotopic (exact) mass is 334 g/mol. The quantitative estimate of drug-likeness (QED) is 0.726. The Hall–Kier alpha value is -1.76. The summed E-state index contributed by atoms with van der Waals surface area (Å²) in [4.78, 5) is 12.3. The van der Waals surface area contributed by atoms with Crippen LogP contribution in [-0.2, 0) is 19.3 Å². The zero-order valence-corrected chi connectivity index (χ0v) is 12.0. The van der Waals surface area contributed by atoms with E-state index in [0.29, 0.717) is 19.2 Å². The van der Waals surface area contributed by atoms with Crippen molar-refractivity contribution in [2.75, 3.05) is 0 Å². The molecule has 8 heteroatoms. The Morgan fingerprint density at radius 1 is 1.09 bits per heavy atom. The second-order valence-corrected chi connectivity index (χ2v) is 5.47. The van der Waals surface area contributed by atoms with Crippen molar-refractivity contribution >= 4 is 11.6 Å². The summed E-state index contributed by atoms with van der Waals surface area (Å²) in [5.41, 5.74) is -1.88. The maximum atomic E-state index is 14.1. The van der Waals surface area contributed by atoms with Crippen molar-refractivity contribution in [3.8, 4) is 11.1 Å². The molecule has 0 radical (unpaired) electrons. The highest BCUT2D eigenvalue weighted by Crippen LogP contribution is 2.34. The molecule has 118 valence electrons. The van der Waals surface area contributed by atoms with E-state index in [4.69, 9.17) is 11.6 Å². The molecule has 1 aliphatic heterocycles. The first-order valence-electron chi connectivity index (χ1n) is 6.67. The van der Waals surface area contributed by atoms with Crippen molar-refractivity contribution in [1.29, 1.82) is 0 Å². The number of hydrogen-bond acceptors (Lipinski definition) is 1. The van der Waals surface area contributed by atoms with Crippen LogP contribution < -0.4 is 5.56 Å². The van der Waals surface area contributed by atoms with E-state index in [2.05, 4.69) is 0 Å². The number of rotatable bonds is 1. The lowest BCUT2D eigenvalue weighted by Crippen LogP contribution is -2.27. The molecular weight excluding hydrogens is 324 g/mol. The first-order chi connectivity index (χ1) is 10.3. The largest absolute Gasteiger partial charge is 0.416 e. The molecule has 0 spiro atoms. The Morgan fingerprint density at radius 2 is 1.73 bits per heavy atom. The van der Waals surface area contributed by atoms with E-state index in [9.17, 15) is 22.4 Å². The number of halogens is 5. The van der Waals surface area contributed by atoms with E-state index in [-0.39, 0.29) is 16.3 Å². The average molecular weight is 335 g/mol. The maximum absolute atomic E-state index is 14.1. The zero-order valence-electron chi connectivity index (χ0n) is 11.3. The van der Waals surface area contributed by atoms with Crippen molar-refractivity contribution in [1.82, 2.24) is 9.36 Å². The molecule has 0 amide bonds. The molecule has 3 nitrogen and oxygen atoms in total. The number of alkyl halides is 3. The molecule has 0 atom stereocenters. The van der Waals surface area contributed by atoms with Crippen LogP contribution in [0.5, 0.6) is 0 Å². The first-order valence-corrected chi connectivity index (χ1v) is 7.04. The lowest BCUT2D eigenvalue weighted by atomic mass is 10.1. The molecule has 0 fully saturated rings. The molecule has 1 aliphatic rings. The van der Waals surface area contributed by atoms with E-state index in [1.54, 1.807) is 4.68 Å². The van der Waals surface area contributed by atoms with Gasteiger partial charge in [0.2, 0.25) is 0 Å². The summed E-state index contributed by atoms with van der Waals surface area (Å²) in [6.45, 7) is 0.983. The summed E-state index contributed by atoms with van der Waals surface area (Å²) in [6, 6.07) is 2.08. The SMILES string of the molecule is O=c1c(-c2ccc(C(F)(F)F)cc2F)c(Cl)n2n1CCCC2. The lowest BCUT2D eigenvalue weighted by molar-refractivity contribution is -0.137. The van der Waals surface area contributed by atoms with Crippen molar-refractivity contribution < 1.29 is 17.6 Å². The molecule has 0 saturated carbocycles. The smallest absolute Gasteiger partial charge is 0.271 e. The van der Waals surface area contributed by atoms with Gasteiger partial charge < -0.3 is 0 Å². The number of aromatic nitrogens is 2. The van der Waals surface area contributed by atoms with Gasteiger partial charge >= 0.3 is 6.18 Å². The molecule has 2 heterocycles. The summed E-state index contributed by atoms with van der Waals surface area (Å²) in [5, 5.41) is 0.0587. The normalized spacial score (nSPS) is 15.0. The predicted molar refractivity (Wildman–Crippen MR) is 73.3 cm³/mol. The summed E-state index contributed by atoms with van der Waals surface area (Å²) in [5.74, 6) is -1.11. The predicted octanol–water partition coefficient (Wildman–Crippen LogP) is 3.92. The zero-order chi connectivity index (χ0) is 16.1. The number of hydrogen-bond donors (Lipinski definition) is 0. The number of nitrogens with zero attached hydrogens (tertiary/aromatic N) is 2. The minimum atomic E-state index is -4.64. The van der Waals surface area contributed by atoms with Crippen LogP contribution in [0.3, 0.4) is 0 Å². The van der Waals surface area contributed by atoms with Crippen LogP contribution >= 0.6 is 11.6 Å². The highest BCUT2D eigenvalue weighted by molar-refractivity contribution is 6.32. The second kappa shape index (κ2) is 5.15. The summed E-state index contributed by atoms with van der Waals surface area (Å²) >= 11 is 6.14. The van der Waals surface area contributed by atoms with Gasteiger partial charge in [0.15, 0.2) is 0 Å². The third-order valence-corrected chi connectivity index (χ3v) is 4.11. The minimum Gasteiger partial charge on any atom is -0.271 e. The first kappa shape index (κ1) is 15.1. The van der Waals surface area contributed by atoms with Crippen molar-refractivity contribution in [2.24, 2.45) is 0 Å². The second-order valence-electron chi connectivity index (χ2n) is 5.12. The van der Waals surface area contributed by atoms with Crippen molar-refractivity contribution in [2.45, 2.75) is 32.1 Å². The van der Waals surface area contributed by atoms with E-state index in [1.165, 1.54) is 4.68 Å². The van der Waals surface area contributed by atoms with E-state index >= 15 is 0 Å². The summed E-state index contributed by atoms with van der Waals surface area (Å²) in [7, 11) is 0.